The van der Waals surface area contributed by atoms with Gasteiger partial charge in [-0.25, -0.2) is 0 Å². The van der Waals surface area contributed by atoms with Crippen LogP contribution < -0.4 is 10.6 Å². The van der Waals surface area contributed by atoms with Crippen LogP contribution in [0, 0.1) is 0 Å². The maximum absolute atomic E-state index is 9.31. The van der Waals surface area contributed by atoms with Gasteiger partial charge in [0.2, 0.25) is 0 Å². The second-order valence-corrected chi connectivity index (χ2v) is 5.96. The molecule has 0 saturated carbocycles. The Morgan fingerprint density at radius 1 is 1.19 bits per heavy atom. The first kappa shape index (κ1) is 15.9. The molecule has 0 aliphatic rings. The number of anilines is 1. The highest BCUT2D eigenvalue weighted by Crippen LogP contribution is 2.28. The van der Waals surface area contributed by atoms with Gasteiger partial charge in [0.1, 0.15) is 4.99 Å². The lowest BCUT2D eigenvalue weighted by Gasteiger charge is -2.25. The monoisotopic (exact) mass is 364 g/mol. The number of hydrogen-bond acceptors (Lipinski definition) is 3. The van der Waals surface area contributed by atoms with Gasteiger partial charge in [-0.3, -0.25) is 0 Å². The quantitative estimate of drug-likeness (QED) is 0.773. The maximum atomic E-state index is 9.31. The van der Waals surface area contributed by atoms with Gasteiger partial charge in [0.25, 0.3) is 0 Å². The number of hydrogen-bond donors (Lipinski definition) is 2. The summed E-state index contributed by atoms with van der Waals surface area (Å²) in [6.07, 6.45) is 0. The van der Waals surface area contributed by atoms with E-state index in [1.807, 2.05) is 36.4 Å². The average Bonchev–Trinajstić information content (AvgIpc) is 2.48. The third-order valence-electron chi connectivity index (χ3n) is 3.16. The molecule has 0 heterocycles. The van der Waals surface area contributed by atoms with Crippen molar-refractivity contribution in [1.29, 1.82) is 0 Å². The van der Waals surface area contributed by atoms with Crippen LogP contribution in [0.25, 0.3) is 0 Å². The highest BCUT2D eigenvalue weighted by molar-refractivity contribution is 9.10. The summed E-state index contributed by atoms with van der Waals surface area (Å²) in [5.74, 6) is 0. The van der Waals surface area contributed by atoms with E-state index in [0.29, 0.717) is 11.5 Å². The van der Waals surface area contributed by atoms with Gasteiger partial charge in [-0.2, -0.15) is 0 Å². The van der Waals surface area contributed by atoms with Gasteiger partial charge in [0.05, 0.1) is 12.3 Å². The minimum Gasteiger partial charge on any atom is -0.395 e. The van der Waals surface area contributed by atoms with Gasteiger partial charge in [-0.05, 0) is 39.7 Å². The van der Waals surface area contributed by atoms with Crippen LogP contribution in [0.15, 0.2) is 53.0 Å². The molecule has 0 radical (unpaired) electrons. The predicted molar refractivity (Wildman–Crippen MR) is 94.6 cm³/mol. The van der Waals surface area contributed by atoms with Crippen molar-refractivity contribution in [1.82, 2.24) is 0 Å². The third-order valence-corrected chi connectivity index (χ3v) is 4.03. The summed E-state index contributed by atoms with van der Waals surface area (Å²) in [6, 6.07) is 15.9. The van der Waals surface area contributed by atoms with Crippen molar-refractivity contribution in [2.45, 2.75) is 6.54 Å². The Morgan fingerprint density at radius 2 is 1.90 bits per heavy atom. The third kappa shape index (κ3) is 4.27. The number of nitrogens with zero attached hydrogens (tertiary/aromatic N) is 1. The van der Waals surface area contributed by atoms with Crippen LogP contribution in [0.3, 0.4) is 0 Å². The van der Waals surface area contributed by atoms with Crippen molar-refractivity contribution >= 4 is 38.8 Å². The van der Waals surface area contributed by atoms with Crippen molar-refractivity contribution in [3.05, 3.63) is 64.1 Å². The molecule has 0 fully saturated rings. The topological polar surface area (TPSA) is 49.5 Å². The van der Waals surface area contributed by atoms with Gasteiger partial charge < -0.3 is 15.7 Å². The van der Waals surface area contributed by atoms with Crippen LogP contribution in [0.1, 0.15) is 11.1 Å². The molecular formula is C16H17BrN2OS. The molecule has 3 nitrogen and oxygen atoms in total. The zero-order valence-corrected chi connectivity index (χ0v) is 13.9. The van der Waals surface area contributed by atoms with E-state index < -0.39 is 0 Å². The molecule has 110 valence electrons. The minimum atomic E-state index is 0.0936. The fraction of sp³-hybridized carbons (Fsp3) is 0.188. The Kier molecular flexibility index (Phi) is 5.73. The van der Waals surface area contributed by atoms with Gasteiger partial charge in [0, 0.05) is 23.1 Å². The summed E-state index contributed by atoms with van der Waals surface area (Å²) in [7, 11) is 0. The number of rotatable bonds is 6. The number of nitrogens with two attached hydrogens (primary N) is 1. The average molecular weight is 365 g/mol. The molecule has 5 heteroatoms. The largest absolute Gasteiger partial charge is 0.395 e. The lowest BCUT2D eigenvalue weighted by atomic mass is 10.1. The normalized spacial score (nSPS) is 10.4. The fourth-order valence-electron chi connectivity index (χ4n) is 2.13. The van der Waals surface area contributed by atoms with Crippen molar-refractivity contribution in [3.63, 3.8) is 0 Å². The molecule has 0 spiro atoms. The predicted octanol–water partition coefficient (Wildman–Crippen LogP) is 3.08. The van der Waals surface area contributed by atoms with E-state index in [4.69, 9.17) is 18.0 Å². The van der Waals surface area contributed by atoms with Crippen LogP contribution in [0.5, 0.6) is 0 Å². The van der Waals surface area contributed by atoms with E-state index in [9.17, 15) is 5.11 Å². The van der Waals surface area contributed by atoms with E-state index >= 15 is 0 Å². The summed E-state index contributed by atoms with van der Waals surface area (Å²) < 4.78 is 0.914. The Labute approximate surface area is 138 Å². The second kappa shape index (κ2) is 7.54. The molecule has 2 aromatic carbocycles. The van der Waals surface area contributed by atoms with Crippen LogP contribution >= 0.6 is 28.1 Å². The molecule has 0 amide bonds. The smallest absolute Gasteiger partial charge is 0.104 e. The fourth-order valence-corrected chi connectivity index (χ4v) is 2.88. The van der Waals surface area contributed by atoms with Gasteiger partial charge in [-0.1, -0.05) is 42.5 Å². The van der Waals surface area contributed by atoms with Crippen molar-refractivity contribution in [3.8, 4) is 0 Å². The summed E-state index contributed by atoms with van der Waals surface area (Å²) in [6.45, 7) is 1.38. The van der Waals surface area contributed by atoms with Crippen LogP contribution in [-0.2, 0) is 6.54 Å². The summed E-state index contributed by atoms with van der Waals surface area (Å²) in [4.78, 5) is 2.49. The molecular weight excluding hydrogens is 348 g/mol. The molecule has 2 rings (SSSR count). The molecule has 0 bridgehead atoms. The number of aliphatic hydroxyl groups excluding tert-OH is 1. The van der Waals surface area contributed by atoms with Crippen LogP contribution in [0.4, 0.5) is 5.69 Å². The van der Waals surface area contributed by atoms with Crippen molar-refractivity contribution in [2.75, 3.05) is 18.1 Å². The second-order valence-electron chi connectivity index (χ2n) is 4.66. The zero-order valence-electron chi connectivity index (χ0n) is 11.5. The minimum absolute atomic E-state index is 0.0936. The molecule has 0 aliphatic heterocycles. The van der Waals surface area contributed by atoms with Crippen molar-refractivity contribution in [2.24, 2.45) is 5.73 Å². The number of aliphatic hydroxyl groups is 1. The molecule has 0 aliphatic carbocycles. The molecule has 0 atom stereocenters. The van der Waals surface area contributed by atoms with Gasteiger partial charge in [0.15, 0.2) is 0 Å². The maximum Gasteiger partial charge on any atom is 0.104 e. The highest BCUT2D eigenvalue weighted by atomic mass is 79.9. The van der Waals surface area contributed by atoms with E-state index in [0.717, 1.165) is 22.3 Å². The Hall–Kier alpha value is -1.43. The molecule has 0 saturated heterocycles. The zero-order chi connectivity index (χ0) is 15.2. The summed E-state index contributed by atoms with van der Waals surface area (Å²) in [5, 5.41) is 9.31. The van der Waals surface area contributed by atoms with E-state index in [-0.39, 0.29) is 6.61 Å². The Morgan fingerprint density at radius 3 is 2.48 bits per heavy atom. The van der Waals surface area contributed by atoms with E-state index in [2.05, 4.69) is 33.0 Å². The number of thiocarbonyl (C=S) groups is 1. The van der Waals surface area contributed by atoms with E-state index in [1.54, 1.807) is 0 Å². The molecule has 0 aromatic heterocycles. The SMILES string of the molecule is NC(=S)c1ccc(N(CCO)Cc2ccccc2)c(Br)c1. The molecule has 3 N–H and O–H groups in total. The highest BCUT2D eigenvalue weighted by Gasteiger charge is 2.11. The Balaban J connectivity index is 2.27. The Bertz CT molecular complexity index is 619. The van der Waals surface area contributed by atoms with Crippen LogP contribution in [0.2, 0.25) is 0 Å². The molecule has 21 heavy (non-hydrogen) atoms. The van der Waals surface area contributed by atoms with Gasteiger partial charge in [-0.15, -0.1) is 0 Å². The molecule has 2 aromatic rings. The first-order valence-corrected chi connectivity index (χ1v) is 7.81. The van der Waals surface area contributed by atoms with Crippen molar-refractivity contribution < 1.29 is 5.11 Å². The standard InChI is InChI=1S/C16H17BrN2OS/c17-14-10-13(16(18)21)6-7-15(14)19(8-9-20)11-12-4-2-1-3-5-12/h1-7,10,20H,8-9,11H2,(H2,18,21). The number of benzene rings is 2. The van der Waals surface area contributed by atoms with Gasteiger partial charge >= 0.3 is 0 Å². The summed E-state index contributed by atoms with van der Waals surface area (Å²) in [5.41, 5.74) is 8.67. The lowest BCUT2D eigenvalue weighted by molar-refractivity contribution is 0.301. The van der Waals surface area contributed by atoms with E-state index in [1.165, 1.54) is 5.56 Å². The lowest BCUT2D eigenvalue weighted by Crippen LogP contribution is -2.26. The number of halogens is 1. The first-order chi connectivity index (χ1) is 10.1. The summed E-state index contributed by atoms with van der Waals surface area (Å²) >= 11 is 8.55. The molecule has 0 unspecified atom stereocenters. The first-order valence-electron chi connectivity index (χ1n) is 6.61. The van der Waals surface area contributed by atoms with Crippen LogP contribution in [-0.4, -0.2) is 23.2 Å².